The number of nitrogens with one attached hydrogen (secondary N) is 1. The third kappa shape index (κ3) is 11.6. The molecule has 0 saturated heterocycles. The number of carbonyl (C=O) groups is 3. The zero-order valence-corrected chi connectivity index (χ0v) is 18.1. The van der Waals surface area contributed by atoms with Crippen LogP contribution in [0, 0.1) is 0 Å². The predicted octanol–water partition coefficient (Wildman–Crippen LogP) is 4.37. The zero-order valence-electron chi connectivity index (χ0n) is 18.1. The first kappa shape index (κ1) is 27.1. The zero-order chi connectivity index (χ0) is 22.0. The maximum absolute atomic E-state index is 12.3. The number of amides is 1. The van der Waals surface area contributed by atoms with Crippen LogP contribution in [0.5, 0.6) is 0 Å². The number of carboxylic acids is 1. The summed E-state index contributed by atoms with van der Waals surface area (Å²) in [5.41, 5.74) is -2.42. The van der Waals surface area contributed by atoms with Gasteiger partial charge in [-0.1, -0.05) is 77.2 Å². The van der Waals surface area contributed by atoms with Gasteiger partial charge in [0.15, 0.2) is 5.78 Å². The predicted molar refractivity (Wildman–Crippen MR) is 113 cm³/mol. The number of alkyl carbamates (subject to hydrolysis) is 1. The lowest BCUT2D eigenvalue weighted by molar-refractivity contribution is -0.150. The van der Waals surface area contributed by atoms with Crippen molar-refractivity contribution in [3.8, 4) is 0 Å². The number of aliphatic carboxylic acids is 1. The first-order chi connectivity index (χ1) is 13.9. The highest BCUT2D eigenvalue weighted by molar-refractivity contribution is 6.14. The average molecular weight is 414 g/mol. The number of hydrogen-bond acceptors (Lipinski definition) is 5. The Hall–Kier alpha value is -1.89. The van der Waals surface area contributed by atoms with Crippen molar-refractivity contribution in [3.63, 3.8) is 0 Å². The number of ether oxygens (including phenoxy) is 1. The highest BCUT2D eigenvalue weighted by Gasteiger charge is 2.46. The van der Waals surface area contributed by atoms with Crippen LogP contribution in [-0.4, -0.2) is 46.8 Å². The molecule has 29 heavy (non-hydrogen) atoms. The van der Waals surface area contributed by atoms with E-state index in [-0.39, 0.29) is 6.61 Å². The lowest BCUT2D eigenvalue weighted by Crippen LogP contribution is -2.62. The average Bonchev–Trinajstić information content (AvgIpc) is 2.69. The van der Waals surface area contributed by atoms with Crippen molar-refractivity contribution in [2.24, 2.45) is 0 Å². The van der Waals surface area contributed by atoms with Gasteiger partial charge in [0.25, 0.3) is 0 Å². The van der Waals surface area contributed by atoms with Gasteiger partial charge in [-0.3, -0.25) is 10.1 Å². The Morgan fingerprint density at radius 3 is 1.86 bits per heavy atom. The van der Waals surface area contributed by atoms with Crippen LogP contribution in [0.4, 0.5) is 4.79 Å². The van der Waals surface area contributed by atoms with Crippen LogP contribution in [0.3, 0.4) is 0 Å². The molecule has 0 saturated carbocycles. The van der Waals surface area contributed by atoms with Gasteiger partial charge in [-0.15, -0.1) is 0 Å². The van der Waals surface area contributed by atoms with Crippen molar-refractivity contribution in [1.29, 1.82) is 0 Å². The lowest BCUT2D eigenvalue weighted by Gasteiger charge is -2.25. The molecule has 0 aliphatic heterocycles. The van der Waals surface area contributed by atoms with Gasteiger partial charge in [0.2, 0.25) is 5.54 Å². The van der Waals surface area contributed by atoms with Crippen molar-refractivity contribution in [2.45, 2.75) is 96.4 Å². The molecular weight excluding hydrogens is 374 g/mol. The van der Waals surface area contributed by atoms with E-state index in [0.717, 1.165) is 25.3 Å². The standard InChI is InChI=1S/C22H39NO6/c1-3-5-6-7-8-9-10-11-12-13-14-15-16-17-19(25)22(18-24,20(26)27)23-21(28)29-4-2/h16-17,24H,3-15,18H2,1-2H3,(H,23,28)(H,26,27)/b17-16+. The minimum atomic E-state index is -2.42. The van der Waals surface area contributed by atoms with Crippen LogP contribution >= 0.6 is 0 Å². The van der Waals surface area contributed by atoms with E-state index in [4.69, 9.17) is 0 Å². The summed E-state index contributed by atoms with van der Waals surface area (Å²) in [7, 11) is 0. The molecule has 7 heteroatoms. The summed E-state index contributed by atoms with van der Waals surface area (Å²) in [5, 5.41) is 20.7. The quantitative estimate of drug-likeness (QED) is 0.175. The van der Waals surface area contributed by atoms with E-state index < -0.39 is 30.0 Å². The molecule has 0 aromatic rings. The summed E-state index contributed by atoms with van der Waals surface area (Å²) in [6, 6.07) is 0. The molecule has 0 bridgehead atoms. The van der Waals surface area contributed by atoms with E-state index in [0.29, 0.717) is 6.42 Å². The van der Waals surface area contributed by atoms with Crippen molar-refractivity contribution < 1.29 is 29.3 Å². The number of carboxylic acid groups (broad SMARTS) is 1. The summed E-state index contributed by atoms with van der Waals surface area (Å²) >= 11 is 0. The fourth-order valence-corrected chi connectivity index (χ4v) is 3.01. The Balaban J connectivity index is 4.12. The second-order valence-corrected chi connectivity index (χ2v) is 7.30. The fourth-order valence-electron chi connectivity index (χ4n) is 3.01. The first-order valence-electron chi connectivity index (χ1n) is 10.9. The van der Waals surface area contributed by atoms with Gasteiger partial charge in [0.1, 0.15) is 0 Å². The first-order valence-corrected chi connectivity index (χ1v) is 10.9. The van der Waals surface area contributed by atoms with Crippen LogP contribution in [0.2, 0.25) is 0 Å². The second kappa shape index (κ2) is 17.0. The number of allylic oxidation sites excluding steroid dienone is 1. The van der Waals surface area contributed by atoms with Gasteiger partial charge in [-0.25, -0.2) is 9.59 Å². The number of aliphatic hydroxyl groups excluding tert-OH is 1. The second-order valence-electron chi connectivity index (χ2n) is 7.30. The summed E-state index contributed by atoms with van der Waals surface area (Å²) in [6.45, 7) is 2.75. The number of hydrogen-bond donors (Lipinski definition) is 3. The van der Waals surface area contributed by atoms with E-state index >= 15 is 0 Å². The van der Waals surface area contributed by atoms with Crippen LogP contribution in [0.25, 0.3) is 0 Å². The van der Waals surface area contributed by atoms with Gasteiger partial charge < -0.3 is 14.9 Å². The maximum atomic E-state index is 12.3. The number of carbonyl (C=O) groups excluding carboxylic acids is 2. The summed E-state index contributed by atoms with van der Waals surface area (Å²) in [4.78, 5) is 35.3. The van der Waals surface area contributed by atoms with E-state index in [1.807, 2.05) is 5.32 Å². The van der Waals surface area contributed by atoms with Gasteiger partial charge in [0.05, 0.1) is 13.2 Å². The molecule has 0 rings (SSSR count). The van der Waals surface area contributed by atoms with Crippen LogP contribution in [0.1, 0.15) is 90.9 Å². The summed E-state index contributed by atoms with van der Waals surface area (Å²) in [5.74, 6) is -2.51. The summed E-state index contributed by atoms with van der Waals surface area (Å²) in [6.07, 6.45) is 15.8. The van der Waals surface area contributed by atoms with Gasteiger partial charge in [-0.05, 0) is 25.8 Å². The Labute approximate surface area is 174 Å². The lowest BCUT2D eigenvalue weighted by atomic mass is 9.94. The molecular formula is C22H39NO6. The third-order valence-electron chi connectivity index (χ3n) is 4.86. The Bertz CT molecular complexity index is 506. The molecule has 1 atom stereocenters. The summed E-state index contributed by atoms with van der Waals surface area (Å²) < 4.78 is 4.62. The molecule has 0 aliphatic rings. The third-order valence-corrected chi connectivity index (χ3v) is 4.86. The molecule has 0 aliphatic carbocycles. The van der Waals surface area contributed by atoms with Gasteiger partial charge in [-0.2, -0.15) is 0 Å². The normalized spacial score (nSPS) is 13.2. The minimum Gasteiger partial charge on any atom is -0.479 e. The molecule has 0 aromatic heterocycles. The van der Waals surface area contributed by atoms with Crippen molar-refractivity contribution >= 4 is 17.8 Å². The Morgan fingerprint density at radius 2 is 1.41 bits per heavy atom. The molecule has 168 valence electrons. The number of aliphatic hydroxyl groups is 1. The van der Waals surface area contributed by atoms with Crippen molar-refractivity contribution in [3.05, 3.63) is 12.2 Å². The van der Waals surface area contributed by atoms with E-state index in [9.17, 15) is 24.6 Å². The molecule has 3 N–H and O–H groups in total. The molecule has 1 amide bonds. The molecule has 1 unspecified atom stereocenters. The maximum Gasteiger partial charge on any atom is 0.408 e. The molecule has 0 radical (unpaired) electrons. The van der Waals surface area contributed by atoms with Crippen LogP contribution in [0.15, 0.2) is 12.2 Å². The molecule has 0 spiro atoms. The Kier molecular flexibility index (Phi) is 15.9. The highest BCUT2D eigenvalue weighted by Crippen LogP contribution is 2.13. The topological polar surface area (TPSA) is 113 Å². The largest absolute Gasteiger partial charge is 0.479 e. The number of unbranched alkanes of at least 4 members (excludes halogenated alkanes) is 11. The molecule has 0 aromatic carbocycles. The molecule has 7 nitrogen and oxygen atoms in total. The van der Waals surface area contributed by atoms with E-state index in [1.54, 1.807) is 13.0 Å². The van der Waals surface area contributed by atoms with Crippen LogP contribution < -0.4 is 5.32 Å². The van der Waals surface area contributed by atoms with Crippen molar-refractivity contribution in [1.82, 2.24) is 5.32 Å². The van der Waals surface area contributed by atoms with E-state index in [2.05, 4.69) is 11.7 Å². The molecule has 0 fully saturated rings. The SMILES string of the molecule is CCCCCCCCCCCCC/C=C/C(=O)C(CO)(NC(=O)OCC)C(=O)O. The van der Waals surface area contributed by atoms with Gasteiger partial charge in [0, 0.05) is 0 Å². The smallest absolute Gasteiger partial charge is 0.408 e. The monoisotopic (exact) mass is 413 g/mol. The Morgan fingerprint density at radius 1 is 0.897 bits per heavy atom. The number of ketones is 1. The van der Waals surface area contributed by atoms with Crippen molar-refractivity contribution in [2.75, 3.05) is 13.2 Å². The van der Waals surface area contributed by atoms with Crippen LogP contribution in [-0.2, 0) is 14.3 Å². The molecule has 0 heterocycles. The highest BCUT2D eigenvalue weighted by atomic mass is 16.5. The van der Waals surface area contributed by atoms with E-state index in [1.165, 1.54) is 51.4 Å². The fraction of sp³-hybridized carbons (Fsp3) is 0.773. The van der Waals surface area contributed by atoms with Gasteiger partial charge >= 0.3 is 12.1 Å². The number of rotatable bonds is 18. The minimum absolute atomic E-state index is 0.0237.